The number of carbonyl (C=O) groups excluding carboxylic acids is 1. The third-order valence-corrected chi connectivity index (χ3v) is 8.23. The van der Waals surface area contributed by atoms with Gasteiger partial charge in [0.1, 0.15) is 11.4 Å². The van der Waals surface area contributed by atoms with Gasteiger partial charge in [-0.3, -0.25) is 9.10 Å². The third-order valence-electron chi connectivity index (χ3n) is 5.00. The second-order valence-electron chi connectivity index (χ2n) is 7.26. The van der Waals surface area contributed by atoms with Crippen LogP contribution in [-0.4, -0.2) is 27.9 Å². The Labute approximate surface area is 213 Å². The molecule has 0 bridgehead atoms. The van der Waals surface area contributed by atoms with Crippen molar-refractivity contribution in [1.82, 2.24) is 5.32 Å². The van der Waals surface area contributed by atoms with Gasteiger partial charge in [0.25, 0.3) is 10.0 Å². The van der Waals surface area contributed by atoms with Crippen molar-refractivity contribution in [2.45, 2.75) is 18.2 Å². The van der Waals surface area contributed by atoms with Crippen LogP contribution in [0.3, 0.4) is 0 Å². The number of aryl methyl sites for hydroxylation is 1. The highest BCUT2D eigenvalue weighted by atomic mass is 35.5. The molecule has 0 fully saturated rings. The van der Waals surface area contributed by atoms with Crippen LogP contribution in [0.15, 0.2) is 59.5 Å². The average Bonchev–Trinajstić information content (AvgIpc) is 2.76. The van der Waals surface area contributed by atoms with Crippen LogP contribution in [0.2, 0.25) is 20.1 Å². The summed E-state index contributed by atoms with van der Waals surface area (Å²) in [5, 5.41) is 3.70. The molecule has 10 heteroatoms. The van der Waals surface area contributed by atoms with E-state index in [1.165, 1.54) is 19.2 Å². The summed E-state index contributed by atoms with van der Waals surface area (Å²) in [6.07, 6.45) is 0.294. The van der Waals surface area contributed by atoms with Gasteiger partial charge < -0.3 is 5.32 Å². The van der Waals surface area contributed by atoms with E-state index < -0.39 is 22.5 Å². The van der Waals surface area contributed by atoms with E-state index in [1.54, 1.807) is 37.3 Å². The molecule has 0 unspecified atom stereocenters. The number of likely N-dealkylation sites (N-methyl/N-ethyl adjacent to an activating group) is 1. The topological polar surface area (TPSA) is 66.5 Å². The molecule has 174 valence electrons. The molecule has 33 heavy (non-hydrogen) atoms. The fraction of sp³-hybridized carbons (Fsp3) is 0.174. The number of carbonyl (C=O) groups is 1. The summed E-state index contributed by atoms with van der Waals surface area (Å²) < 4.78 is 28.6. The van der Waals surface area contributed by atoms with Crippen LogP contribution in [0.1, 0.15) is 16.7 Å². The van der Waals surface area contributed by atoms with Crippen molar-refractivity contribution in [3.8, 4) is 0 Å². The Bertz CT molecular complexity index is 1310. The molecule has 0 aliphatic carbocycles. The van der Waals surface area contributed by atoms with Gasteiger partial charge in [0, 0.05) is 28.5 Å². The van der Waals surface area contributed by atoms with E-state index in [2.05, 4.69) is 5.32 Å². The van der Waals surface area contributed by atoms with E-state index in [-0.39, 0.29) is 15.6 Å². The molecule has 3 rings (SSSR count). The molecule has 0 saturated heterocycles. The van der Waals surface area contributed by atoms with Crippen LogP contribution >= 0.6 is 46.4 Å². The molecule has 0 heterocycles. The van der Waals surface area contributed by atoms with Gasteiger partial charge in [-0.25, -0.2) is 8.42 Å². The first-order chi connectivity index (χ1) is 15.5. The number of amides is 1. The zero-order valence-corrected chi connectivity index (χ0v) is 21.5. The first-order valence-corrected chi connectivity index (χ1v) is 12.7. The van der Waals surface area contributed by atoms with Gasteiger partial charge in [-0.2, -0.15) is 0 Å². The minimum absolute atomic E-state index is 0.0471. The molecule has 1 amide bonds. The second-order valence-corrected chi connectivity index (χ2v) is 10.7. The van der Waals surface area contributed by atoms with Crippen molar-refractivity contribution in [3.05, 3.63) is 91.4 Å². The molecular weight excluding hydrogens is 526 g/mol. The lowest BCUT2D eigenvalue weighted by Crippen LogP contribution is -2.40. The van der Waals surface area contributed by atoms with Gasteiger partial charge in [0.15, 0.2) is 0 Å². The van der Waals surface area contributed by atoms with Gasteiger partial charge in [-0.1, -0.05) is 64.6 Å². The van der Waals surface area contributed by atoms with E-state index in [9.17, 15) is 13.2 Å². The quantitative estimate of drug-likeness (QED) is 0.387. The number of sulfonamides is 1. The predicted octanol–water partition coefficient (Wildman–Crippen LogP) is 6.14. The highest BCUT2D eigenvalue weighted by Gasteiger charge is 2.31. The van der Waals surface area contributed by atoms with Gasteiger partial charge in [-0.15, -0.1) is 0 Å². The third kappa shape index (κ3) is 5.76. The Morgan fingerprint density at radius 2 is 1.61 bits per heavy atom. The second kappa shape index (κ2) is 10.5. The lowest BCUT2D eigenvalue weighted by molar-refractivity contribution is -0.119. The van der Waals surface area contributed by atoms with Crippen LogP contribution in [0, 0.1) is 6.92 Å². The van der Waals surface area contributed by atoms with Crippen LogP contribution in [0.5, 0.6) is 0 Å². The highest BCUT2D eigenvalue weighted by Crippen LogP contribution is 2.35. The summed E-state index contributed by atoms with van der Waals surface area (Å²) in [7, 11) is -2.83. The number of nitrogens with one attached hydrogen (secondary N) is 1. The summed E-state index contributed by atoms with van der Waals surface area (Å²) in [6, 6.07) is 14.8. The minimum Gasteiger partial charge on any atom is -0.358 e. The average molecular weight is 546 g/mol. The largest absolute Gasteiger partial charge is 0.358 e. The zero-order valence-electron chi connectivity index (χ0n) is 17.7. The van der Waals surface area contributed by atoms with Crippen molar-refractivity contribution < 1.29 is 13.2 Å². The predicted molar refractivity (Wildman–Crippen MR) is 136 cm³/mol. The Hall–Kier alpha value is -1.96. The van der Waals surface area contributed by atoms with Gasteiger partial charge in [0.05, 0.1) is 10.7 Å². The van der Waals surface area contributed by atoms with Crippen molar-refractivity contribution in [2.24, 2.45) is 0 Å². The number of benzene rings is 3. The minimum atomic E-state index is -4.26. The van der Waals surface area contributed by atoms with E-state index in [0.29, 0.717) is 32.6 Å². The summed E-state index contributed by atoms with van der Waals surface area (Å²) >= 11 is 24.9. The Kier molecular flexibility index (Phi) is 8.19. The SMILES string of the molecule is CNC(=O)CN(c1ccc(Cl)cc1Cc1ccccc1Cl)S(=O)(=O)c1cc(C)c(Cl)cc1Cl. The molecule has 0 aromatic heterocycles. The smallest absolute Gasteiger partial charge is 0.266 e. The summed E-state index contributed by atoms with van der Waals surface area (Å²) in [5.74, 6) is -0.501. The monoisotopic (exact) mass is 544 g/mol. The molecule has 3 aromatic carbocycles. The lowest BCUT2D eigenvalue weighted by Gasteiger charge is -2.27. The van der Waals surface area contributed by atoms with Crippen LogP contribution < -0.4 is 9.62 Å². The number of anilines is 1. The molecule has 1 N–H and O–H groups in total. The van der Waals surface area contributed by atoms with Gasteiger partial charge >= 0.3 is 0 Å². The maximum Gasteiger partial charge on any atom is 0.266 e. The zero-order chi connectivity index (χ0) is 24.3. The Morgan fingerprint density at radius 1 is 0.909 bits per heavy atom. The fourth-order valence-electron chi connectivity index (χ4n) is 3.24. The summed E-state index contributed by atoms with van der Waals surface area (Å²) in [4.78, 5) is 12.2. The molecule has 0 aliphatic heterocycles. The molecule has 0 radical (unpaired) electrons. The van der Waals surface area contributed by atoms with E-state index in [1.807, 2.05) is 12.1 Å². The number of nitrogens with zero attached hydrogens (tertiary/aromatic N) is 1. The Morgan fingerprint density at radius 3 is 2.27 bits per heavy atom. The van der Waals surface area contributed by atoms with Crippen LogP contribution in [-0.2, 0) is 21.2 Å². The fourth-order valence-corrected chi connectivity index (χ4v) is 5.91. The number of halogens is 4. The van der Waals surface area contributed by atoms with E-state index in [0.717, 1.165) is 9.87 Å². The van der Waals surface area contributed by atoms with Crippen molar-refractivity contribution >= 4 is 68.0 Å². The molecule has 0 spiro atoms. The molecule has 0 aliphatic rings. The van der Waals surface area contributed by atoms with Crippen molar-refractivity contribution in [2.75, 3.05) is 17.9 Å². The van der Waals surface area contributed by atoms with Crippen LogP contribution in [0.25, 0.3) is 0 Å². The van der Waals surface area contributed by atoms with E-state index >= 15 is 0 Å². The maximum atomic E-state index is 13.8. The Balaban J connectivity index is 2.21. The molecule has 5 nitrogen and oxygen atoms in total. The molecule has 3 aromatic rings. The standard InChI is InChI=1S/C23H20Cl4N2O3S/c1-14-9-22(20(27)12-19(14)26)33(31,32)29(13-23(30)28-2)21-8-7-17(24)11-16(21)10-15-5-3-4-6-18(15)25/h3-9,11-12H,10,13H2,1-2H3,(H,28,30). The summed E-state index contributed by atoms with van der Waals surface area (Å²) in [5.41, 5.74) is 2.17. The first kappa shape index (κ1) is 25.7. The van der Waals surface area contributed by atoms with Crippen molar-refractivity contribution in [1.29, 1.82) is 0 Å². The maximum absolute atomic E-state index is 13.8. The summed E-state index contributed by atoms with van der Waals surface area (Å²) in [6.45, 7) is 1.21. The first-order valence-electron chi connectivity index (χ1n) is 9.75. The van der Waals surface area contributed by atoms with Crippen LogP contribution in [0.4, 0.5) is 5.69 Å². The number of hydrogen-bond donors (Lipinski definition) is 1. The van der Waals surface area contributed by atoms with E-state index in [4.69, 9.17) is 46.4 Å². The highest BCUT2D eigenvalue weighted by molar-refractivity contribution is 7.93. The van der Waals surface area contributed by atoms with Gasteiger partial charge in [-0.05, 0) is 60.0 Å². The molecular formula is C23H20Cl4N2O3S. The molecule has 0 saturated carbocycles. The lowest BCUT2D eigenvalue weighted by atomic mass is 10.0. The normalized spacial score (nSPS) is 11.3. The number of hydrogen-bond acceptors (Lipinski definition) is 3. The number of rotatable bonds is 7. The van der Waals surface area contributed by atoms with Crippen molar-refractivity contribution in [3.63, 3.8) is 0 Å². The molecule has 0 atom stereocenters. The van der Waals surface area contributed by atoms with Gasteiger partial charge in [0.2, 0.25) is 5.91 Å².